The Morgan fingerprint density at radius 3 is 0.613 bits per heavy atom. The van der Waals surface area contributed by atoms with Gasteiger partial charge in [-0.15, -0.1) is 0 Å². The monoisotopic (exact) mass is 1980 g/mol. The van der Waals surface area contributed by atoms with E-state index in [1.54, 1.807) is 31.7 Å². The molecule has 4 nitrogen and oxygen atoms in total. The summed E-state index contributed by atoms with van der Waals surface area (Å²) in [5, 5.41) is 13.8. The summed E-state index contributed by atoms with van der Waals surface area (Å²) in [7, 11) is -7.18. The number of nitrogens with zero attached hydrogens (tertiary/aromatic N) is 4. The van der Waals surface area contributed by atoms with Crippen molar-refractivity contribution in [3.05, 3.63) is 409 Å². The van der Waals surface area contributed by atoms with Gasteiger partial charge in [0.05, 0.1) is 88.9 Å². The number of halogens is 16. The van der Waals surface area contributed by atoms with Crippen LogP contribution in [0.25, 0.3) is 109 Å². The quantitative estimate of drug-likeness (QED) is 0.0428. The summed E-state index contributed by atoms with van der Waals surface area (Å²) >= 11 is 0. The first-order valence-electron chi connectivity index (χ1n) is 46.2. The summed E-state index contributed by atoms with van der Waals surface area (Å²) in [4.78, 5) is 6.65. The van der Waals surface area contributed by atoms with E-state index in [-0.39, 0.29) is 67.3 Å². The second-order valence-electron chi connectivity index (χ2n) is 40.0. The first kappa shape index (κ1) is 96.3. The van der Waals surface area contributed by atoms with Gasteiger partial charge >= 0.3 is 12.4 Å². The highest BCUT2D eigenvalue weighted by atomic mass is 28.3. The molecule has 0 saturated carbocycles. The largest absolute Gasteiger partial charge is 0.416 e. The highest BCUT2D eigenvalue weighted by Crippen LogP contribution is 2.54. The Labute approximate surface area is 815 Å². The van der Waals surface area contributed by atoms with Crippen LogP contribution in [0.3, 0.4) is 0 Å². The molecule has 142 heavy (non-hydrogen) atoms. The van der Waals surface area contributed by atoms with Gasteiger partial charge in [-0.3, -0.25) is 0 Å². The van der Waals surface area contributed by atoms with Crippen LogP contribution in [0.15, 0.2) is 340 Å². The molecule has 0 atom stereocenters. The molecule has 0 aliphatic heterocycles. The van der Waals surface area contributed by atoms with E-state index in [4.69, 9.17) is 0 Å². The Hall–Kier alpha value is -14.6. The van der Waals surface area contributed by atoms with E-state index >= 15 is 35.1 Å². The molecule has 0 aliphatic carbocycles. The highest BCUT2D eigenvalue weighted by Gasteiger charge is 2.36. The first-order valence-corrected chi connectivity index (χ1v) is 60.2. The van der Waals surface area contributed by atoms with Gasteiger partial charge < -0.3 is 19.6 Å². The van der Waals surface area contributed by atoms with E-state index in [1.165, 1.54) is 46.8 Å². The normalized spacial score (nSPS) is 12.4. The molecule has 20 aromatic rings. The minimum atomic E-state index is -4.62. The number of benzene rings is 20. The molecular weight excluding hydrogens is 1890 g/mol. The zero-order chi connectivity index (χ0) is 101. The molecule has 0 spiro atoms. The maximum absolute atomic E-state index is 17.0. The molecule has 0 aromatic heterocycles. The molecule has 0 unspecified atom stereocenters. The van der Waals surface area contributed by atoms with Crippen LogP contribution < -0.4 is 40.3 Å². The van der Waals surface area contributed by atoms with E-state index in [0.717, 1.165) is 161 Å². The summed E-state index contributed by atoms with van der Waals surface area (Å²) in [6.07, 6.45) is -9.24. The smallest absolute Gasteiger partial charge is 0.307 e. The second-order valence-corrected chi connectivity index (χ2v) is 60.3. The lowest BCUT2D eigenvalue weighted by molar-refractivity contribution is -0.138. The summed E-state index contributed by atoms with van der Waals surface area (Å²) < 4.78 is 244. The maximum atomic E-state index is 17.0. The van der Waals surface area contributed by atoms with Crippen LogP contribution in [0.1, 0.15) is 11.1 Å². The standard InChI is InChI=1S/C60H46F10N2Si2.C58H46F6N2Si2/c1-73(2,3)43-23-19-41(20-24-43)71(55-33-49(61)47(31-51(55)63)35-7-15-39(16-8-35)59(65,66)67)53-29-13-37-12-28-46-54(30-14-38-11-27-45(53)57(37)58(38)46)72(42-21-25-44(26-22-42)74(4,5)6)56-34-50(62)48(32-52(56)64)36-9-17-40(18-10-36)60(68,69)70;1-67(2,3)39-23-19-37(20-24-39)65(55-33-49(61)45(31-51(55)63)41-11-7-9-13-47(41)59)53-29-17-35-16-28-44-54(30-18-36-15-27-43(53)57(35)58(36)44)66(38-21-25-40(26-22-38)68(4,5)6)56-34-50(62)46(32-52(56)64)42-12-8-10-14-48(42)60/h7-34H,1-6H3;7-34H,1-6H3. The topological polar surface area (TPSA) is 13.0 Å². The molecule has 0 fully saturated rings. The Balaban J connectivity index is 0.000000181. The van der Waals surface area contributed by atoms with Crippen LogP contribution in [-0.2, 0) is 12.4 Å². The molecule has 20 aromatic carbocycles. The number of anilines is 12. The maximum Gasteiger partial charge on any atom is 0.416 e. The predicted molar refractivity (Wildman–Crippen MR) is 562 cm³/mol. The molecule has 20 rings (SSSR count). The van der Waals surface area contributed by atoms with Crippen molar-refractivity contribution < 1.29 is 70.2 Å². The molecule has 0 saturated heterocycles. The summed E-state index contributed by atoms with van der Waals surface area (Å²) in [5.74, 6) is -7.81. The molecule has 712 valence electrons. The van der Waals surface area contributed by atoms with Gasteiger partial charge in [0.1, 0.15) is 58.2 Å². The number of hydrogen-bond acceptors (Lipinski definition) is 4. The average Bonchev–Trinajstić information content (AvgIpc) is 0.718. The van der Waals surface area contributed by atoms with Crippen molar-refractivity contribution in [2.45, 2.75) is 90.9 Å². The Kier molecular flexibility index (Phi) is 24.8. The van der Waals surface area contributed by atoms with Crippen molar-refractivity contribution in [3.8, 4) is 44.5 Å². The van der Waals surface area contributed by atoms with Crippen molar-refractivity contribution in [2.75, 3.05) is 19.6 Å². The molecule has 0 bridgehead atoms. The number of rotatable bonds is 20. The third-order valence-electron chi connectivity index (χ3n) is 26.7. The fourth-order valence-electron chi connectivity index (χ4n) is 19.1. The van der Waals surface area contributed by atoms with E-state index < -0.39 is 114 Å². The van der Waals surface area contributed by atoms with Gasteiger partial charge in [-0.05, 0) is 188 Å². The van der Waals surface area contributed by atoms with Gasteiger partial charge in [-0.2, -0.15) is 26.3 Å². The second kappa shape index (κ2) is 36.5. The van der Waals surface area contributed by atoms with Gasteiger partial charge in [0.25, 0.3) is 0 Å². The Morgan fingerprint density at radius 1 is 0.183 bits per heavy atom. The van der Waals surface area contributed by atoms with Crippen LogP contribution >= 0.6 is 0 Å². The van der Waals surface area contributed by atoms with Gasteiger partial charge in [0.15, 0.2) is 0 Å². The molecular formula is C118H92F16N4Si4. The van der Waals surface area contributed by atoms with Crippen molar-refractivity contribution >= 4 is 186 Å². The number of alkyl halides is 6. The van der Waals surface area contributed by atoms with Gasteiger partial charge in [0, 0.05) is 102 Å². The first-order chi connectivity index (χ1) is 67.3. The molecule has 0 N–H and O–H groups in total. The molecule has 0 aliphatic rings. The third kappa shape index (κ3) is 18.1. The zero-order valence-corrected chi connectivity index (χ0v) is 83.2. The third-order valence-corrected chi connectivity index (χ3v) is 34.9. The van der Waals surface area contributed by atoms with Crippen molar-refractivity contribution in [3.63, 3.8) is 0 Å². The van der Waals surface area contributed by atoms with E-state index in [0.29, 0.717) is 56.3 Å². The molecule has 0 amide bonds. The van der Waals surface area contributed by atoms with Crippen LogP contribution in [0.4, 0.5) is 138 Å². The minimum absolute atomic E-state index is 0.0512. The highest BCUT2D eigenvalue weighted by molar-refractivity contribution is 6.90. The Morgan fingerprint density at radius 2 is 0.394 bits per heavy atom. The number of hydrogen-bond donors (Lipinski definition) is 0. The molecule has 0 radical (unpaired) electrons. The summed E-state index contributed by atoms with van der Waals surface area (Å²) in [5.41, 5.74) is 1.16. The van der Waals surface area contributed by atoms with Gasteiger partial charge in [0.2, 0.25) is 0 Å². The zero-order valence-electron chi connectivity index (χ0n) is 79.2. The average molecular weight is 1980 g/mol. The van der Waals surface area contributed by atoms with E-state index in [2.05, 4.69) is 78.6 Å². The molecule has 0 heterocycles. The fraction of sp³-hybridized carbons (Fsp3) is 0.119. The van der Waals surface area contributed by atoms with Gasteiger partial charge in [-0.25, -0.2) is 43.9 Å². The van der Waals surface area contributed by atoms with Crippen LogP contribution in [0.2, 0.25) is 78.6 Å². The van der Waals surface area contributed by atoms with E-state index in [9.17, 15) is 35.1 Å². The van der Waals surface area contributed by atoms with Crippen molar-refractivity contribution in [1.29, 1.82) is 0 Å². The predicted octanol–water partition coefficient (Wildman–Crippen LogP) is 35.3. The van der Waals surface area contributed by atoms with E-state index in [1.807, 2.05) is 194 Å². The lowest BCUT2D eigenvalue weighted by atomic mass is 9.91. The van der Waals surface area contributed by atoms with Crippen molar-refractivity contribution in [1.82, 2.24) is 0 Å². The fourth-order valence-corrected chi connectivity index (χ4v) is 23.8. The lowest BCUT2D eigenvalue weighted by Crippen LogP contribution is -2.37. The lowest BCUT2D eigenvalue weighted by Gasteiger charge is -2.30. The van der Waals surface area contributed by atoms with Gasteiger partial charge in [-0.1, -0.05) is 281 Å². The summed E-state index contributed by atoms with van der Waals surface area (Å²) in [6, 6.07) is 89.2. The minimum Gasteiger partial charge on any atom is -0.307 e. The molecule has 24 heteroatoms. The van der Waals surface area contributed by atoms with Crippen LogP contribution in [-0.4, -0.2) is 32.3 Å². The van der Waals surface area contributed by atoms with Crippen LogP contribution in [0, 0.1) is 58.2 Å². The Bertz CT molecular complexity index is 7800. The van der Waals surface area contributed by atoms with Crippen molar-refractivity contribution in [2.24, 2.45) is 0 Å². The SMILES string of the molecule is C[Si](C)(C)c1ccc(N(c2cc(F)c(-c3ccc(C(F)(F)F)cc3)cc2F)c2ccc3ccc4c(N(c5ccc([Si](C)(C)C)cc5)c5cc(F)c(-c6ccc(C(F)(F)F)cc6)cc5F)ccc5ccc2c3c54)cc1.C[Si](C)(C)c1ccc(N(c2cc(F)c(-c3ccccc3F)cc2F)c2ccc3ccc4c(N(c5ccc([Si](C)(C)C)cc5)c5cc(F)c(-c6ccccc6F)cc5F)ccc5ccc2c3c54)cc1. The summed E-state index contributed by atoms with van der Waals surface area (Å²) in [6.45, 7) is 26.6. The van der Waals surface area contributed by atoms with Crippen LogP contribution in [0.5, 0.6) is 0 Å².